The standard InChI is InChI=1S/C14H20BrNO2/c1-10(2)5-3-4-8-16-14(18)11-6-7-12(15)13(17)9-11/h6-7,9-10,17H,3-5,8H2,1-2H3,(H,16,18). The second-order valence-corrected chi connectivity index (χ2v) is 5.67. The minimum Gasteiger partial charge on any atom is -0.507 e. The lowest BCUT2D eigenvalue weighted by molar-refractivity contribution is 0.0952. The maximum Gasteiger partial charge on any atom is 0.251 e. The number of aromatic hydroxyl groups is 1. The summed E-state index contributed by atoms with van der Waals surface area (Å²) in [6, 6.07) is 4.82. The summed E-state index contributed by atoms with van der Waals surface area (Å²) in [4.78, 5) is 11.8. The van der Waals surface area contributed by atoms with Crippen LogP contribution in [0.1, 0.15) is 43.5 Å². The number of phenolic OH excluding ortho intramolecular Hbond substituents is 1. The molecule has 0 fully saturated rings. The largest absolute Gasteiger partial charge is 0.507 e. The van der Waals surface area contributed by atoms with Gasteiger partial charge in [-0.2, -0.15) is 0 Å². The summed E-state index contributed by atoms with van der Waals surface area (Å²) in [5, 5.41) is 12.3. The molecule has 18 heavy (non-hydrogen) atoms. The van der Waals surface area contributed by atoms with E-state index >= 15 is 0 Å². The highest BCUT2D eigenvalue weighted by atomic mass is 79.9. The molecule has 0 aliphatic heterocycles. The smallest absolute Gasteiger partial charge is 0.251 e. The number of phenols is 1. The predicted molar refractivity (Wildman–Crippen MR) is 76.8 cm³/mol. The molecule has 2 N–H and O–H groups in total. The van der Waals surface area contributed by atoms with Gasteiger partial charge >= 0.3 is 0 Å². The highest BCUT2D eigenvalue weighted by molar-refractivity contribution is 9.10. The Morgan fingerprint density at radius 1 is 1.39 bits per heavy atom. The molecule has 0 aromatic heterocycles. The van der Waals surface area contributed by atoms with Crippen LogP contribution in [0.25, 0.3) is 0 Å². The molecule has 1 amide bonds. The van der Waals surface area contributed by atoms with Crippen molar-refractivity contribution in [2.24, 2.45) is 5.92 Å². The highest BCUT2D eigenvalue weighted by Crippen LogP contribution is 2.24. The second kappa shape index (κ2) is 7.41. The van der Waals surface area contributed by atoms with E-state index in [1.165, 1.54) is 12.5 Å². The molecule has 4 heteroatoms. The minimum atomic E-state index is -0.137. The topological polar surface area (TPSA) is 49.3 Å². The van der Waals surface area contributed by atoms with Crippen LogP contribution in [0.2, 0.25) is 0 Å². The van der Waals surface area contributed by atoms with Gasteiger partial charge in [-0.25, -0.2) is 0 Å². The quantitative estimate of drug-likeness (QED) is 0.786. The van der Waals surface area contributed by atoms with E-state index in [1.807, 2.05) is 0 Å². The normalized spacial score (nSPS) is 10.7. The van der Waals surface area contributed by atoms with Crippen LogP contribution < -0.4 is 5.32 Å². The lowest BCUT2D eigenvalue weighted by atomic mass is 10.1. The predicted octanol–water partition coefficient (Wildman–Crippen LogP) is 3.71. The second-order valence-electron chi connectivity index (χ2n) is 4.81. The Labute approximate surface area is 117 Å². The molecule has 1 rings (SSSR count). The van der Waals surface area contributed by atoms with Crippen LogP contribution in [-0.2, 0) is 0 Å². The first-order chi connectivity index (χ1) is 8.50. The van der Waals surface area contributed by atoms with Crippen molar-refractivity contribution in [3.8, 4) is 5.75 Å². The third kappa shape index (κ3) is 5.08. The Hall–Kier alpha value is -1.03. The summed E-state index contributed by atoms with van der Waals surface area (Å²) in [6.45, 7) is 5.08. The van der Waals surface area contributed by atoms with E-state index in [1.54, 1.807) is 12.1 Å². The third-order valence-corrected chi connectivity index (χ3v) is 3.37. The fraction of sp³-hybridized carbons (Fsp3) is 0.500. The molecule has 100 valence electrons. The molecule has 0 aliphatic rings. The van der Waals surface area contributed by atoms with Crippen LogP contribution in [0, 0.1) is 5.92 Å². The summed E-state index contributed by atoms with van der Waals surface area (Å²) in [7, 11) is 0. The number of hydrogen-bond acceptors (Lipinski definition) is 2. The van der Waals surface area contributed by atoms with Gasteiger partial charge in [0.1, 0.15) is 5.75 Å². The Morgan fingerprint density at radius 3 is 2.72 bits per heavy atom. The maximum absolute atomic E-state index is 11.8. The molecule has 0 aliphatic carbocycles. The van der Waals surface area contributed by atoms with Crippen LogP contribution in [0.3, 0.4) is 0 Å². The summed E-state index contributed by atoms with van der Waals surface area (Å²) in [5.41, 5.74) is 0.486. The number of carbonyl (C=O) groups is 1. The van der Waals surface area contributed by atoms with Crippen LogP contribution in [0.4, 0.5) is 0 Å². The van der Waals surface area contributed by atoms with Gasteiger partial charge in [-0.15, -0.1) is 0 Å². The molecule has 0 spiro atoms. The third-order valence-electron chi connectivity index (χ3n) is 2.70. The van der Waals surface area contributed by atoms with Crippen molar-refractivity contribution in [1.29, 1.82) is 0 Å². The van der Waals surface area contributed by atoms with Crippen LogP contribution in [-0.4, -0.2) is 17.6 Å². The van der Waals surface area contributed by atoms with Gasteiger partial charge in [0.25, 0.3) is 5.91 Å². The molecule has 0 saturated carbocycles. The number of hydrogen-bond donors (Lipinski definition) is 2. The van der Waals surface area contributed by atoms with E-state index in [-0.39, 0.29) is 11.7 Å². The number of carbonyl (C=O) groups excluding carboxylic acids is 1. The number of halogens is 1. The molecular weight excluding hydrogens is 294 g/mol. The van der Waals surface area contributed by atoms with Crippen molar-refractivity contribution in [2.75, 3.05) is 6.54 Å². The SMILES string of the molecule is CC(C)CCCCNC(=O)c1ccc(Br)c(O)c1. The van der Waals surface area contributed by atoms with Gasteiger partial charge < -0.3 is 10.4 Å². The Bertz CT molecular complexity index is 405. The maximum atomic E-state index is 11.8. The first-order valence-electron chi connectivity index (χ1n) is 6.27. The zero-order valence-corrected chi connectivity index (χ0v) is 12.5. The lowest BCUT2D eigenvalue weighted by Gasteiger charge is -2.07. The van der Waals surface area contributed by atoms with Crippen molar-refractivity contribution in [1.82, 2.24) is 5.32 Å². The minimum absolute atomic E-state index is 0.0856. The van der Waals surface area contributed by atoms with Crippen LogP contribution in [0.5, 0.6) is 5.75 Å². The number of amides is 1. The molecular formula is C14H20BrNO2. The van der Waals surface area contributed by atoms with E-state index in [0.717, 1.165) is 12.8 Å². The average Bonchev–Trinajstić information content (AvgIpc) is 2.31. The summed E-state index contributed by atoms with van der Waals surface area (Å²) < 4.78 is 0.594. The van der Waals surface area contributed by atoms with Crippen LogP contribution in [0.15, 0.2) is 22.7 Å². The van der Waals surface area contributed by atoms with Gasteiger partial charge in [-0.05, 0) is 46.5 Å². The summed E-state index contributed by atoms with van der Waals surface area (Å²) in [6.07, 6.45) is 3.31. The monoisotopic (exact) mass is 313 g/mol. The Balaban J connectivity index is 2.34. The summed E-state index contributed by atoms with van der Waals surface area (Å²) in [5.74, 6) is 0.661. The average molecular weight is 314 g/mol. The van der Waals surface area contributed by atoms with E-state index in [0.29, 0.717) is 22.5 Å². The number of benzene rings is 1. The fourth-order valence-corrected chi connectivity index (χ4v) is 1.88. The first kappa shape index (κ1) is 15.0. The number of unbranched alkanes of at least 4 members (excludes halogenated alkanes) is 1. The van der Waals surface area contributed by atoms with Gasteiger partial charge in [0, 0.05) is 12.1 Å². The van der Waals surface area contributed by atoms with Gasteiger partial charge in [0.05, 0.1) is 4.47 Å². The molecule has 1 aromatic carbocycles. The molecule has 0 heterocycles. The van der Waals surface area contributed by atoms with Gasteiger partial charge in [0.2, 0.25) is 0 Å². The molecule has 0 unspecified atom stereocenters. The van der Waals surface area contributed by atoms with Crippen molar-refractivity contribution in [3.63, 3.8) is 0 Å². The van der Waals surface area contributed by atoms with Crippen molar-refractivity contribution >= 4 is 21.8 Å². The van der Waals surface area contributed by atoms with Crippen LogP contribution >= 0.6 is 15.9 Å². The molecule has 3 nitrogen and oxygen atoms in total. The van der Waals surface area contributed by atoms with Crippen molar-refractivity contribution < 1.29 is 9.90 Å². The van der Waals surface area contributed by atoms with Crippen molar-refractivity contribution in [2.45, 2.75) is 33.1 Å². The molecule has 0 saturated heterocycles. The summed E-state index contributed by atoms with van der Waals surface area (Å²) >= 11 is 3.18. The first-order valence-corrected chi connectivity index (χ1v) is 7.06. The Kier molecular flexibility index (Phi) is 6.19. The van der Waals surface area contributed by atoms with E-state index in [9.17, 15) is 9.90 Å². The van der Waals surface area contributed by atoms with E-state index in [2.05, 4.69) is 35.1 Å². The zero-order valence-electron chi connectivity index (χ0n) is 10.9. The van der Waals surface area contributed by atoms with E-state index < -0.39 is 0 Å². The number of nitrogens with one attached hydrogen (secondary N) is 1. The molecule has 0 bridgehead atoms. The number of rotatable bonds is 6. The van der Waals surface area contributed by atoms with E-state index in [4.69, 9.17) is 0 Å². The van der Waals surface area contributed by atoms with Gasteiger partial charge in [0.15, 0.2) is 0 Å². The van der Waals surface area contributed by atoms with Gasteiger partial charge in [-0.3, -0.25) is 4.79 Å². The lowest BCUT2D eigenvalue weighted by Crippen LogP contribution is -2.24. The highest BCUT2D eigenvalue weighted by Gasteiger charge is 2.07. The molecule has 0 radical (unpaired) electrons. The molecule has 1 aromatic rings. The fourth-order valence-electron chi connectivity index (χ4n) is 1.64. The van der Waals surface area contributed by atoms with Gasteiger partial charge in [-0.1, -0.05) is 26.7 Å². The van der Waals surface area contributed by atoms with Crippen molar-refractivity contribution in [3.05, 3.63) is 28.2 Å². The Morgan fingerprint density at radius 2 is 2.11 bits per heavy atom. The molecule has 0 atom stereocenters. The zero-order chi connectivity index (χ0) is 13.5.